The Morgan fingerprint density at radius 2 is 1.45 bits per heavy atom. The quantitative estimate of drug-likeness (QED) is 0.295. The first-order chi connectivity index (χ1) is 24.1. The van der Waals surface area contributed by atoms with Gasteiger partial charge in [0.25, 0.3) is 5.91 Å². The third-order valence-corrected chi connectivity index (χ3v) is 9.74. The molecule has 3 aliphatic rings. The van der Waals surface area contributed by atoms with Gasteiger partial charge >= 0.3 is 6.03 Å². The van der Waals surface area contributed by atoms with E-state index in [9.17, 15) is 14.4 Å². The monoisotopic (exact) mass is 756 g/mol. The number of rotatable bonds is 8. The van der Waals surface area contributed by atoms with Crippen LogP contribution >= 0.6 is 35.6 Å². The summed E-state index contributed by atoms with van der Waals surface area (Å²) < 4.78 is 11.5. The van der Waals surface area contributed by atoms with E-state index in [0.29, 0.717) is 98.4 Å². The average molecular weight is 758 g/mol. The van der Waals surface area contributed by atoms with Crippen LogP contribution in [0.25, 0.3) is 0 Å². The second-order valence-electron chi connectivity index (χ2n) is 12.7. The molecule has 6 rings (SSSR count). The highest BCUT2D eigenvalue weighted by Gasteiger charge is 2.45. The van der Waals surface area contributed by atoms with Gasteiger partial charge in [-0.3, -0.25) is 24.4 Å². The van der Waals surface area contributed by atoms with Gasteiger partial charge in [0.05, 0.1) is 38.0 Å². The number of halogens is 3. The van der Waals surface area contributed by atoms with Gasteiger partial charge in [-0.1, -0.05) is 47.5 Å². The van der Waals surface area contributed by atoms with Crippen LogP contribution in [0.15, 0.2) is 71.7 Å². The molecule has 3 aromatic carbocycles. The van der Waals surface area contributed by atoms with Crippen LogP contribution in [0.3, 0.4) is 0 Å². The van der Waals surface area contributed by atoms with Crippen molar-refractivity contribution in [1.29, 1.82) is 0 Å². The van der Waals surface area contributed by atoms with E-state index in [1.807, 2.05) is 65.3 Å². The molecule has 3 aromatic rings. The number of amides is 4. The van der Waals surface area contributed by atoms with Gasteiger partial charge in [-0.25, -0.2) is 4.79 Å². The molecule has 0 unspecified atom stereocenters. The van der Waals surface area contributed by atoms with Crippen molar-refractivity contribution in [1.82, 2.24) is 24.5 Å². The molecule has 0 N–H and O–H groups in total. The highest BCUT2D eigenvalue weighted by molar-refractivity contribution is 6.30. The van der Waals surface area contributed by atoms with Crippen molar-refractivity contribution in [3.8, 4) is 5.75 Å². The summed E-state index contributed by atoms with van der Waals surface area (Å²) >= 11 is 12.6. The molecule has 3 heterocycles. The number of aliphatic imine (C=N–C) groups is 1. The number of piperazine rings is 1. The molecule has 0 spiro atoms. The molecule has 2 atom stereocenters. The molecule has 14 heteroatoms. The van der Waals surface area contributed by atoms with Crippen molar-refractivity contribution in [3.05, 3.63) is 99.0 Å². The number of carbonyl (C=O) groups is 3. The highest BCUT2D eigenvalue weighted by Crippen LogP contribution is 2.45. The van der Waals surface area contributed by atoms with E-state index in [0.717, 1.165) is 11.1 Å². The summed E-state index contributed by atoms with van der Waals surface area (Å²) in [5.74, 6) is 0.803. The molecule has 0 aliphatic carbocycles. The predicted octanol–water partition coefficient (Wildman–Crippen LogP) is 5.66. The van der Waals surface area contributed by atoms with Crippen LogP contribution < -0.4 is 4.74 Å². The standard InChI is InChI=1S/C37H42Cl2N6O5.ClH/c1-4-50-31-14-9-27(36(47)41(2)3)23-30(31)35-40-33(25-5-10-28(38)11-6-25)34(26-7-12-29(39)13-8-26)45(35)37(48)44-17-15-42(16-18-44)24-32(46)43-19-21-49-22-20-43;/h5-14,23,33-34H,4,15-22,24H2,1-3H3;1H/t33-,34+;/m0./s1. The minimum absolute atomic E-state index is 0. The Bertz CT molecular complexity index is 1730. The third kappa shape index (κ3) is 8.61. The predicted molar refractivity (Wildman–Crippen MR) is 200 cm³/mol. The number of benzene rings is 3. The largest absolute Gasteiger partial charge is 0.493 e. The van der Waals surface area contributed by atoms with Crippen LogP contribution in [-0.4, -0.2) is 128 Å². The van der Waals surface area contributed by atoms with Crippen molar-refractivity contribution in [2.75, 3.05) is 79.7 Å². The van der Waals surface area contributed by atoms with Crippen LogP contribution in [0.4, 0.5) is 4.79 Å². The minimum atomic E-state index is -0.556. The molecule has 4 amide bonds. The zero-order valence-electron chi connectivity index (χ0n) is 29.0. The highest BCUT2D eigenvalue weighted by atomic mass is 35.5. The first-order valence-corrected chi connectivity index (χ1v) is 17.6. The summed E-state index contributed by atoms with van der Waals surface area (Å²) in [6.45, 7) is 6.81. The molecular weight excluding hydrogens is 715 g/mol. The fourth-order valence-electron chi connectivity index (χ4n) is 6.59. The molecule has 11 nitrogen and oxygen atoms in total. The Morgan fingerprint density at radius 1 is 0.843 bits per heavy atom. The van der Waals surface area contributed by atoms with E-state index in [1.165, 1.54) is 4.90 Å². The van der Waals surface area contributed by atoms with Crippen molar-refractivity contribution < 1.29 is 23.9 Å². The normalized spacial score (nSPS) is 19.3. The summed E-state index contributed by atoms with van der Waals surface area (Å²) in [6, 6.07) is 18.9. The van der Waals surface area contributed by atoms with Gasteiger partial charge in [0.1, 0.15) is 17.6 Å². The van der Waals surface area contributed by atoms with Gasteiger partial charge in [0, 0.05) is 69.0 Å². The first kappa shape index (κ1) is 38.4. The molecule has 51 heavy (non-hydrogen) atoms. The Labute approximate surface area is 315 Å². The zero-order chi connectivity index (χ0) is 35.4. The average Bonchev–Trinajstić information content (AvgIpc) is 3.53. The lowest BCUT2D eigenvalue weighted by Crippen LogP contribution is -2.56. The molecule has 2 saturated heterocycles. The van der Waals surface area contributed by atoms with Gasteiger partial charge in [-0.05, 0) is 60.5 Å². The number of urea groups is 1. The van der Waals surface area contributed by atoms with Crippen molar-refractivity contribution in [2.24, 2.45) is 4.99 Å². The fraction of sp³-hybridized carbons (Fsp3) is 0.405. The molecular formula is C37H43Cl3N6O5. The van der Waals surface area contributed by atoms with Gasteiger partial charge in [-0.2, -0.15) is 0 Å². The van der Waals surface area contributed by atoms with Crippen LogP contribution in [0.1, 0.15) is 46.1 Å². The molecule has 2 fully saturated rings. The second kappa shape index (κ2) is 17.1. The van der Waals surface area contributed by atoms with E-state index in [1.54, 1.807) is 37.2 Å². The molecule has 0 aromatic heterocycles. The number of morpholine rings is 1. The molecule has 0 radical (unpaired) electrons. The van der Waals surface area contributed by atoms with Gasteiger partial charge < -0.3 is 24.2 Å². The number of amidine groups is 1. The summed E-state index contributed by atoms with van der Waals surface area (Å²) in [5.41, 5.74) is 2.69. The lowest BCUT2D eigenvalue weighted by Gasteiger charge is -2.39. The van der Waals surface area contributed by atoms with E-state index < -0.39 is 12.1 Å². The van der Waals surface area contributed by atoms with Crippen LogP contribution in [-0.2, 0) is 9.53 Å². The SMILES string of the molecule is CCOc1ccc(C(=O)N(C)C)cc1C1=N[C@@H](c2ccc(Cl)cc2)[C@@H](c2ccc(Cl)cc2)N1C(=O)N1CCN(CC(=O)N2CCOCC2)CC1.Cl. The summed E-state index contributed by atoms with van der Waals surface area (Å²) in [6.07, 6.45) is 0. The maximum Gasteiger partial charge on any atom is 0.326 e. The fourth-order valence-corrected chi connectivity index (χ4v) is 6.84. The van der Waals surface area contributed by atoms with Crippen molar-refractivity contribution in [3.63, 3.8) is 0 Å². The summed E-state index contributed by atoms with van der Waals surface area (Å²) in [5, 5.41) is 1.16. The molecule has 0 bridgehead atoms. The third-order valence-electron chi connectivity index (χ3n) is 9.23. The zero-order valence-corrected chi connectivity index (χ0v) is 31.3. The van der Waals surface area contributed by atoms with E-state index >= 15 is 0 Å². The Balaban J connectivity index is 0.00000504. The Morgan fingerprint density at radius 3 is 2.04 bits per heavy atom. The minimum Gasteiger partial charge on any atom is -0.493 e. The summed E-state index contributed by atoms with van der Waals surface area (Å²) in [7, 11) is 3.39. The first-order valence-electron chi connectivity index (χ1n) is 16.9. The maximum atomic E-state index is 14.9. The topological polar surface area (TPSA) is 98.2 Å². The molecule has 3 aliphatic heterocycles. The molecule has 0 saturated carbocycles. The number of hydrogen-bond acceptors (Lipinski definition) is 7. The Hall–Kier alpha value is -3.87. The maximum absolute atomic E-state index is 14.9. The smallest absolute Gasteiger partial charge is 0.326 e. The Kier molecular flexibility index (Phi) is 12.9. The van der Waals surface area contributed by atoms with Crippen LogP contribution in [0, 0.1) is 0 Å². The van der Waals surface area contributed by atoms with E-state index in [2.05, 4.69) is 4.90 Å². The lowest BCUT2D eigenvalue weighted by atomic mass is 9.93. The lowest BCUT2D eigenvalue weighted by molar-refractivity contribution is -0.136. The van der Waals surface area contributed by atoms with Crippen LogP contribution in [0.2, 0.25) is 10.0 Å². The van der Waals surface area contributed by atoms with Crippen molar-refractivity contribution >= 4 is 59.3 Å². The van der Waals surface area contributed by atoms with Gasteiger partial charge in [-0.15, -0.1) is 12.4 Å². The number of ether oxygens (including phenoxy) is 2. The van der Waals surface area contributed by atoms with Crippen molar-refractivity contribution in [2.45, 2.75) is 19.0 Å². The van der Waals surface area contributed by atoms with E-state index in [4.69, 9.17) is 37.7 Å². The number of carbonyl (C=O) groups excluding carboxylic acids is 3. The second-order valence-corrected chi connectivity index (χ2v) is 13.6. The number of nitrogens with zero attached hydrogens (tertiary/aromatic N) is 6. The van der Waals surface area contributed by atoms with E-state index in [-0.39, 0.29) is 30.3 Å². The molecule has 272 valence electrons. The van der Waals surface area contributed by atoms with Gasteiger partial charge in [0.15, 0.2) is 0 Å². The van der Waals surface area contributed by atoms with Crippen LogP contribution in [0.5, 0.6) is 5.75 Å². The summed E-state index contributed by atoms with van der Waals surface area (Å²) in [4.78, 5) is 55.4. The van der Waals surface area contributed by atoms with Gasteiger partial charge in [0.2, 0.25) is 5.91 Å². The number of hydrogen-bond donors (Lipinski definition) is 0.